The summed E-state index contributed by atoms with van der Waals surface area (Å²) in [5.41, 5.74) is 17.3. The van der Waals surface area contributed by atoms with Crippen LogP contribution in [-0.2, 0) is 9.59 Å². The van der Waals surface area contributed by atoms with Crippen molar-refractivity contribution in [1.29, 1.82) is 5.41 Å². The van der Waals surface area contributed by atoms with Crippen LogP contribution in [0.4, 0.5) is 17.1 Å². The molecule has 41 heavy (non-hydrogen) atoms. The average Bonchev–Trinajstić information content (AvgIpc) is 3.34. The van der Waals surface area contributed by atoms with Gasteiger partial charge in [-0.15, -0.1) is 0 Å². The van der Waals surface area contributed by atoms with E-state index in [9.17, 15) is 9.59 Å². The number of rotatable bonds is 9. The van der Waals surface area contributed by atoms with Crippen molar-refractivity contribution in [3.8, 4) is 0 Å². The zero-order valence-corrected chi connectivity index (χ0v) is 24.4. The molecule has 3 aromatic carbocycles. The highest BCUT2D eigenvalue weighted by Crippen LogP contribution is 2.39. The van der Waals surface area contributed by atoms with Gasteiger partial charge in [0.25, 0.3) is 0 Å². The van der Waals surface area contributed by atoms with Gasteiger partial charge in [-0.25, -0.2) is 0 Å². The van der Waals surface area contributed by atoms with Gasteiger partial charge in [0.2, 0.25) is 11.8 Å². The maximum Gasteiger partial charge on any atom is 0.231 e. The number of nitrogens with one attached hydrogen (secondary N) is 3. The summed E-state index contributed by atoms with van der Waals surface area (Å²) in [6.45, 7) is 9.76. The van der Waals surface area contributed by atoms with Crippen LogP contribution in [0.3, 0.4) is 0 Å². The SMILES string of the molecule is CC(=Nc1c(C(C)C(N)=O)[nH]c2ccc(N)c(C=N)c12)c1ccccc1NC(=O)C(C)c1ccccc1.CCCC. The molecule has 1 aromatic heterocycles. The summed E-state index contributed by atoms with van der Waals surface area (Å²) < 4.78 is 0. The van der Waals surface area contributed by atoms with E-state index in [1.165, 1.54) is 19.1 Å². The molecule has 2 atom stereocenters. The number of nitrogens with two attached hydrogens (primary N) is 2. The summed E-state index contributed by atoms with van der Waals surface area (Å²) in [6.07, 6.45) is 3.82. The Hall–Kier alpha value is -4.72. The smallest absolute Gasteiger partial charge is 0.231 e. The van der Waals surface area contributed by atoms with Crippen LogP contribution < -0.4 is 16.8 Å². The van der Waals surface area contributed by atoms with E-state index in [1.54, 1.807) is 19.1 Å². The Morgan fingerprint density at radius 3 is 2.22 bits per heavy atom. The van der Waals surface area contributed by atoms with Crippen molar-refractivity contribution in [2.75, 3.05) is 11.1 Å². The predicted molar refractivity (Wildman–Crippen MR) is 171 cm³/mol. The van der Waals surface area contributed by atoms with E-state index in [0.717, 1.165) is 11.1 Å². The van der Waals surface area contributed by atoms with E-state index < -0.39 is 11.8 Å². The maximum atomic E-state index is 13.1. The first kappa shape index (κ1) is 30.8. The van der Waals surface area contributed by atoms with Crippen LogP contribution in [-0.4, -0.2) is 28.7 Å². The number of nitrogens with zero attached hydrogens (tertiary/aromatic N) is 1. The Kier molecular flexibility index (Phi) is 10.6. The number of unbranched alkanes of at least 4 members (excludes halogenated alkanes) is 1. The van der Waals surface area contributed by atoms with Crippen molar-refractivity contribution in [3.05, 3.63) is 89.1 Å². The van der Waals surface area contributed by atoms with Gasteiger partial charge in [-0.2, -0.15) is 0 Å². The third kappa shape index (κ3) is 7.08. The molecule has 0 spiro atoms. The Morgan fingerprint density at radius 1 is 0.976 bits per heavy atom. The predicted octanol–water partition coefficient (Wildman–Crippen LogP) is 7.03. The fourth-order valence-electron chi connectivity index (χ4n) is 4.33. The van der Waals surface area contributed by atoms with Gasteiger partial charge in [-0.05, 0) is 44.5 Å². The van der Waals surface area contributed by atoms with Gasteiger partial charge >= 0.3 is 0 Å². The zero-order valence-electron chi connectivity index (χ0n) is 24.4. The summed E-state index contributed by atoms with van der Waals surface area (Å²) in [5.74, 6) is -1.64. The van der Waals surface area contributed by atoms with Crippen LogP contribution >= 0.6 is 0 Å². The normalized spacial score (nSPS) is 12.7. The monoisotopic (exact) mass is 552 g/mol. The number of carbonyl (C=O) groups is 2. The number of nitrogen functional groups attached to an aromatic ring is 1. The molecule has 7 N–H and O–H groups in total. The Balaban J connectivity index is 0.00000108. The van der Waals surface area contributed by atoms with E-state index in [-0.39, 0.29) is 11.8 Å². The van der Waals surface area contributed by atoms with Crippen molar-refractivity contribution < 1.29 is 9.59 Å². The highest BCUT2D eigenvalue weighted by Gasteiger charge is 2.24. The lowest BCUT2D eigenvalue weighted by atomic mass is 10.00. The van der Waals surface area contributed by atoms with Crippen LogP contribution in [0.15, 0.2) is 71.7 Å². The molecule has 4 rings (SSSR count). The number of aromatic amines is 1. The third-order valence-corrected chi connectivity index (χ3v) is 7.09. The van der Waals surface area contributed by atoms with E-state index in [0.29, 0.717) is 44.9 Å². The molecule has 4 aromatic rings. The molecule has 8 nitrogen and oxygen atoms in total. The van der Waals surface area contributed by atoms with Crippen molar-refractivity contribution in [2.45, 2.75) is 59.3 Å². The first-order valence-corrected chi connectivity index (χ1v) is 13.9. The minimum absolute atomic E-state index is 0.138. The highest BCUT2D eigenvalue weighted by atomic mass is 16.2. The van der Waals surface area contributed by atoms with E-state index in [2.05, 4.69) is 24.1 Å². The first-order chi connectivity index (χ1) is 19.6. The standard InChI is InChI=1S/C29H30N6O2.C4H10/c1-16(19-9-5-4-6-10-19)29(37)35-23-12-8-7-11-20(23)18(3)33-27-25-21(15-30)22(31)13-14-24(25)34-26(27)17(2)28(32)36;1-3-4-2/h4-17,30,34H,31H2,1-3H3,(H2,32,36)(H,35,37);3-4H2,1-2H3. The topological polar surface area (TPSA) is 150 Å². The summed E-state index contributed by atoms with van der Waals surface area (Å²) in [6, 6.07) is 20.5. The van der Waals surface area contributed by atoms with Crippen molar-refractivity contribution in [2.24, 2.45) is 10.7 Å². The summed E-state index contributed by atoms with van der Waals surface area (Å²) in [4.78, 5) is 33.3. The number of benzene rings is 3. The van der Waals surface area contributed by atoms with Gasteiger partial charge in [0.15, 0.2) is 0 Å². The second-order valence-corrected chi connectivity index (χ2v) is 10.0. The second-order valence-electron chi connectivity index (χ2n) is 10.0. The van der Waals surface area contributed by atoms with E-state index >= 15 is 0 Å². The van der Waals surface area contributed by atoms with Crippen LogP contribution in [0, 0.1) is 5.41 Å². The molecular formula is C33H40N6O2. The number of anilines is 2. The number of fused-ring (bicyclic) bond motifs is 1. The summed E-state index contributed by atoms with van der Waals surface area (Å²) in [5, 5.41) is 11.6. The van der Waals surface area contributed by atoms with Crippen LogP contribution in [0.1, 0.15) is 81.7 Å². The lowest BCUT2D eigenvalue weighted by Crippen LogP contribution is -2.20. The molecule has 1 heterocycles. The number of hydrogen-bond acceptors (Lipinski definition) is 5. The van der Waals surface area contributed by atoms with Crippen LogP contribution in [0.25, 0.3) is 10.9 Å². The molecule has 0 aliphatic rings. The fraction of sp³-hybridized carbons (Fsp3) is 0.273. The lowest BCUT2D eigenvalue weighted by molar-refractivity contribution is -0.119. The lowest BCUT2D eigenvalue weighted by Gasteiger charge is -2.16. The molecule has 8 heteroatoms. The van der Waals surface area contributed by atoms with Gasteiger partial charge in [0.1, 0.15) is 0 Å². The molecule has 0 saturated heterocycles. The van der Waals surface area contributed by atoms with Crippen molar-refractivity contribution in [3.63, 3.8) is 0 Å². The molecule has 2 unspecified atom stereocenters. The largest absolute Gasteiger partial charge is 0.398 e. The second kappa shape index (κ2) is 14.1. The summed E-state index contributed by atoms with van der Waals surface area (Å²) >= 11 is 0. The number of aromatic nitrogens is 1. The number of hydrogen-bond donors (Lipinski definition) is 5. The van der Waals surface area contributed by atoms with Gasteiger partial charge in [0.05, 0.1) is 23.2 Å². The number of carbonyl (C=O) groups excluding carboxylic acids is 2. The van der Waals surface area contributed by atoms with Crippen LogP contribution in [0.5, 0.6) is 0 Å². The average molecular weight is 553 g/mol. The molecule has 0 saturated carbocycles. The van der Waals surface area contributed by atoms with E-state index in [1.807, 2.05) is 68.4 Å². The molecule has 214 valence electrons. The number of H-pyrrole nitrogens is 1. The Bertz CT molecular complexity index is 1550. The van der Waals surface area contributed by atoms with Crippen molar-refractivity contribution >= 4 is 51.7 Å². The summed E-state index contributed by atoms with van der Waals surface area (Å²) in [7, 11) is 0. The van der Waals surface area contributed by atoms with E-state index in [4.69, 9.17) is 21.9 Å². The van der Waals surface area contributed by atoms with Crippen molar-refractivity contribution in [1.82, 2.24) is 4.98 Å². The first-order valence-electron chi connectivity index (χ1n) is 13.9. The quantitative estimate of drug-likeness (QED) is 0.112. The number of primary amides is 1. The fourth-order valence-corrected chi connectivity index (χ4v) is 4.33. The van der Waals surface area contributed by atoms with Crippen LogP contribution in [0.2, 0.25) is 0 Å². The Morgan fingerprint density at radius 2 is 1.61 bits per heavy atom. The molecule has 0 aliphatic carbocycles. The minimum Gasteiger partial charge on any atom is -0.398 e. The molecule has 0 aliphatic heterocycles. The molecule has 2 amide bonds. The molecule has 0 bridgehead atoms. The third-order valence-electron chi connectivity index (χ3n) is 7.09. The number of aliphatic imine (C=N–C) groups is 1. The number of para-hydroxylation sites is 1. The van der Waals surface area contributed by atoms with Gasteiger partial charge in [0, 0.05) is 45.3 Å². The van der Waals surface area contributed by atoms with Gasteiger partial charge in [-0.1, -0.05) is 75.2 Å². The maximum absolute atomic E-state index is 13.1. The minimum atomic E-state index is -0.652. The van der Waals surface area contributed by atoms with Gasteiger partial charge < -0.3 is 27.2 Å². The molecular weight excluding hydrogens is 512 g/mol. The Labute approximate surface area is 241 Å². The molecule has 0 radical (unpaired) electrons. The molecule has 0 fully saturated rings. The zero-order chi connectivity index (χ0) is 30.1. The van der Waals surface area contributed by atoms with Gasteiger partial charge in [-0.3, -0.25) is 14.6 Å². The highest BCUT2D eigenvalue weighted by molar-refractivity contribution is 6.13. The number of amides is 2.